The number of hydrogen-bond acceptors (Lipinski definition) is 5. The third-order valence-corrected chi connectivity index (χ3v) is 4.24. The van der Waals surface area contributed by atoms with Crippen molar-refractivity contribution in [1.29, 1.82) is 0 Å². The quantitative estimate of drug-likeness (QED) is 0.830. The van der Waals surface area contributed by atoms with Crippen molar-refractivity contribution < 1.29 is 4.74 Å². The number of rotatable bonds is 6. The van der Waals surface area contributed by atoms with E-state index in [1.165, 1.54) is 0 Å². The van der Waals surface area contributed by atoms with E-state index in [1.54, 1.807) is 6.20 Å². The van der Waals surface area contributed by atoms with E-state index in [4.69, 9.17) is 4.74 Å². The second-order valence-corrected chi connectivity index (χ2v) is 6.45. The number of aromatic nitrogens is 2. The highest BCUT2D eigenvalue weighted by Crippen LogP contribution is 2.30. The molecule has 2 rings (SSSR count). The SMILES string of the molecule is CCCNc1ncc(Br)c(NCC2(C)CCOCC2)n1. The van der Waals surface area contributed by atoms with Gasteiger partial charge in [0.25, 0.3) is 0 Å². The van der Waals surface area contributed by atoms with Gasteiger partial charge in [0, 0.05) is 32.5 Å². The average Bonchev–Trinajstić information content (AvgIpc) is 2.46. The Morgan fingerprint density at radius 1 is 1.35 bits per heavy atom. The highest BCUT2D eigenvalue weighted by molar-refractivity contribution is 9.10. The second kappa shape index (κ2) is 7.22. The fraction of sp³-hybridized carbons (Fsp3) is 0.714. The van der Waals surface area contributed by atoms with Crippen LogP contribution in [0, 0.1) is 5.41 Å². The minimum Gasteiger partial charge on any atom is -0.381 e. The molecule has 0 atom stereocenters. The Hall–Kier alpha value is -0.880. The number of ether oxygens (including phenoxy) is 1. The minimum atomic E-state index is 0.277. The lowest BCUT2D eigenvalue weighted by atomic mass is 9.82. The van der Waals surface area contributed by atoms with Crippen LogP contribution in [-0.4, -0.2) is 36.3 Å². The Morgan fingerprint density at radius 3 is 2.80 bits per heavy atom. The van der Waals surface area contributed by atoms with E-state index < -0.39 is 0 Å². The molecule has 0 amide bonds. The molecular formula is C14H23BrN4O. The molecule has 1 aliphatic rings. The van der Waals surface area contributed by atoms with Crippen LogP contribution in [0.15, 0.2) is 10.7 Å². The molecule has 2 N–H and O–H groups in total. The summed E-state index contributed by atoms with van der Waals surface area (Å²) in [6, 6.07) is 0. The zero-order chi connectivity index (χ0) is 14.4. The van der Waals surface area contributed by atoms with Gasteiger partial charge >= 0.3 is 0 Å². The molecule has 1 aromatic heterocycles. The lowest BCUT2D eigenvalue weighted by molar-refractivity contribution is 0.0299. The van der Waals surface area contributed by atoms with Gasteiger partial charge in [0.2, 0.25) is 5.95 Å². The molecule has 112 valence electrons. The van der Waals surface area contributed by atoms with Gasteiger partial charge in [-0.1, -0.05) is 13.8 Å². The van der Waals surface area contributed by atoms with Gasteiger partial charge in [-0.2, -0.15) is 4.98 Å². The van der Waals surface area contributed by atoms with Gasteiger partial charge in [0.15, 0.2) is 0 Å². The summed E-state index contributed by atoms with van der Waals surface area (Å²) >= 11 is 3.50. The predicted molar refractivity (Wildman–Crippen MR) is 85.2 cm³/mol. The van der Waals surface area contributed by atoms with Gasteiger partial charge in [0.05, 0.1) is 4.47 Å². The number of nitrogens with zero attached hydrogens (tertiary/aromatic N) is 2. The predicted octanol–water partition coefficient (Wildman–Crippen LogP) is 3.29. The normalized spacial score (nSPS) is 17.8. The van der Waals surface area contributed by atoms with Crippen LogP contribution in [0.2, 0.25) is 0 Å². The first-order chi connectivity index (χ1) is 9.63. The largest absolute Gasteiger partial charge is 0.381 e. The molecule has 0 aliphatic carbocycles. The van der Waals surface area contributed by atoms with Crippen molar-refractivity contribution >= 4 is 27.7 Å². The number of nitrogens with one attached hydrogen (secondary N) is 2. The maximum atomic E-state index is 5.43. The zero-order valence-corrected chi connectivity index (χ0v) is 13.8. The van der Waals surface area contributed by atoms with Crippen molar-refractivity contribution in [1.82, 2.24) is 9.97 Å². The van der Waals surface area contributed by atoms with Crippen LogP contribution in [0.4, 0.5) is 11.8 Å². The summed E-state index contributed by atoms with van der Waals surface area (Å²) in [6.45, 7) is 7.92. The Labute approximate surface area is 129 Å². The molecule has 0 radical (unpaired) electrons. The van der Waals surface area contributed by atoms with E-state index >= 15 is 0 Å². The average molecular weight is 343 g/mol. The number of hydrogen-bond donors (Lipinski definition) is 2. The zero-order valence-electron chi connectivity index (χ0n) is 12.2. The molecule has 0 aromatic carbocycles. The summed E-state index contributed by atoms with van der Waals surface area (Å²) in [5.41, 5.74) is 0.277. The molecule has 5 nitrogen and oxygen atoms in total. The second-order valence-electron chi connectivity index (χ2n) is 5.59. The van der Waals surface area contributed by atoms with Crippen LogP contribution in [0.1, 0.15) is 33.1 Å². The molecule has 1 saturated heterocycles. The molecular weight excluding hydrogens is 320 g/mol. The fourth-order valence-corrected chi connectivity index (χ4v) is 2.48. The van der Waals surface area contributed by atoms with Crippen LogP contribution in [0.5, 0.6) is 0 Å². The summed E-state index contributed by atoms with van der Waals surface area (Å²) in [4.78, 5) is 8.77. The highest BCUT2D eigenvalue weighted by Gasteiger charge is 2.27. The van der Waals surface area contributed by atoms with Gasteiger partial charge in [-0.05, 0) is 40.6 Å². The first kappa shape index (κ1) is 15.5. The van der Waals surface area contributed by atoms with E-state index in [-0.39, 0.29) is 5.41 Å². The summed E-state index contributed by atoms with van der Waals surface area (Å²) in [7, 11) is 0. The molecule has 1 aromatic rings. The molecule has 6 heteroatoms. The van der Waals surface area contributed by atoms with Crippen LogP contribution >= 0.6 is 15.9 Å². The maximum Gasteiger partial charge on any atom is 0.224 e. The molecule has 0 unspecified atom stereocenters. The standard InChI is InChI=1S/C14H23BrN4O/c1-3-6-16-13-17-9-11(15)12(19-13)18-10-14(2)4-7-20-8-5-14/h9H,3-8,10H2,1-2H3,(H2,16,17,18,19). The van der Waals surface area contributed by atoms with Crippen LogP contribution in [-0.2, 0) is 4.74 Å². The number of halogens is 1. The molecule has 2 heterocycles. The molecule has 20 heavy (non-hydrogen) atoms. The third-order valence-electron chi connectivity index (χ3n) is 3.66. The van der Waals surface area contributed by atoms with E-state index in [1.807, 2.05) is 0 Å². The summed E-state index contributed by atoms with van der Waals surface area (Å²) < 4.78 is 6.33. The fourth-order valence-electron chi connectivity index (χ4n) is 2.15. The van der Waals surface area contributed by atoms with Crippen LogP contribution < -0.4 is 10.6 Å². The lowest BCUT2D eigenvalue weighted by Crippen LogP contribution is -2.33. The first-order valence-corrected chi connectivity index (χ1v) is 8.00. The Kier molecular flexibility index (Phi) is 5.60. The van der Waals surface area contributed by atoms with Crippen molar-refractivity contribution in [3.8, 4) is 0 Å². The Balaban J connectivity index is 1.97. The van der Waals surface area contributed by atoms with Gasteiger partial charge in [-0.15, -0.1) is 0 Å². The minimum absolute atomic E-state index is 0.277. The first-order valence-electron chi connectivity index (χ1n) is 7.21. The molecule has 1 aliphatic heterocycles. The van der Waals surface area contributed by atoms with Crippen LogP contribution in [0.3, 0.4) is 0 Å². The summed E-state index contributed by atoms with van der Waals surface area (Å²) in [5.74, 6) is 1.53. The van der Waals surface area contributed by atoms with E-state index in [0.29, 0.717) is 5.95 Å². The van der Waals surface area contributed by atoms with Crippen LogP contribution in [0.25, 0.3) is 0 Å². The Morgan fingerprint density at radius 2 is 2.10 bits per heavy atom. The molecule has 0 spiro atoms. The van der Waals surface area contributed by atoms with E-state index in [2.05, 4.69) is 50.4 Å². The monoisotopic (exact) mass is 342 g/mol. The lowest BCUT2D eigenvalue weighted by Gasteiger charge is -2.33. The smallest absolute Gasteiger partial charge is 0.224 e. The molecule has 0 bridgehead atoms. The summed E-state index contributed by atoms with van der Waals surface area (Å²) in [6.07, 6.45) is 5.02. The van der Waals surface area contributed by atoms with E-state index in [0.717, 1.165) is 55.9 Å². The number of anilines is 2. The van der Waals surface area contributed by atoms with Crippen molar-refractivity contribution in [2.45, 2.75) is 33.1 Å². The third kappa shape index (κ3) is 4.31. The maximum absolute atomic E-state index is 5.43. The van der Waals surface area contributed by atoms with Crippen molar-refractivity contribution in [2.24, 2.45) is 5.41 Å². The highest BCUT2D eigenvalue weighted by atomic mass is 79.9. The van der Waals surface area contributed by atoms with E-state index in [9.17, 15) is 0 Å². The van der Waals surface area contributed by atoms with Crippen molar-refractivity contribution in [3.63, 3.8) is 0 Å². The Bertz CT molecular complexity index is 435. The summed E-state index contributed by atoms with van der Waals surface area (Å²) in [5, 5.41) is 6.65. The van der Waals surface area contributed by atoms with Gasteiger partial charge in [-0.25, -0.2) is 4.98 Å². The van der Waals surface area contributed by atoms with Crippen molar-refractivity contribution in [3.05, 3.63) is 10.7 Å². The molecule has 1 fully saturated rings. The molecule has 0 saturated carbocycles. The van der Waals surface area contributed by atoms with Gasteiger partial charge in [-0.3, -0.25) is 0 Å². The van der Waals surface area contributed by atoms with Gasteiger partial charge in [0.1, 0.15) is 5.82 Å². The van der Waals surface area contributed by atoms with Crippen molar-refractivity contribution in [2.75, 3.05) is 36.9 Å². The van der Waals surface area contributed by atoms with Gasteiger partial charge < -0.3 is 15.4 Å². The topological polar surface area (TPSA) is 59.1 Å².